The van der Waals surface area contributed by atoms with Gasteiger partial charge < -0.3 is 8.98 Å². The minimum absolute atomic E-state index is 0.278. The Morgan fingerprint density at radius 3 is 2.41 bits per heavy atom. The maximum absolute atomic E-state index is 6.30. The van der Waals surface area contributed by atoms with E-state index >= 15 is 0 Å². The van der Waals surface area contributed by atoms with Crippen LogP contribution in [-0.2, 0) is 6.42 Å². The molecular weight excluding hydrogens is 413 g/mol. The van der Waals surface area contributed by atoms with Crippen molar-refractivity contribution in [2.24, 2.45) is 0 Å². The third kappa shape index (κ3) is 1.92. The van der Waals surface area contributed by atoms with Gasteiger partial charge in [-0.15, -0.1) is 0 Å². The van der Waals surface area contributed by atoms with Crippen molar-refractivity contribution in [3.05, 3.63) is 108 Å². The van der Waals surface area contributed by atoms with Crippen LogP contribution >= 0.6 is 0 Å². The number of hydrogen-bond donors (Lipinski definition) is 0. The van der Waals surface area contributed by atoms with E-state index in [-0.39, 0.29) is 6.71 Å². The number of hydrogen-bond acceptors (Lipinski definition) is 1. The molecule has 156 valence electrons. The molecular formula is C31H18BNO. The number of fused-ring (bicyclic) bond motifs is 11. The van der Waals surface area contributed by atoms with Crippen LogP contribution in [-0.4, -0.2) is 11.3 Å². The van der Waals surface area contributed by atoms with E-state index in [1.165, 1.54) is 65.8 Å². The number of benzene rings is 5. The second kappa shape index (κ2) is 5.81. The largest absolute Gasteiger partial charge is 0.456 e. The Balaban J connectivity index is 1.51. The van der Waals surface area contributed by atoms with Crippen molar-refractivity contribution in [3.8, 4) is 5.69 Å². The molecule has 0 unspecified atom stereocenters. The monoisotopic (exact) mass is 431 g/mol. The van der Waals surface area contributed by atoms with E-state index in [2.05, 4.69) is 95.6 Å². The summed E-state index contributed by atoms with van der Waals surface area (Å²) in [4.78, 5) is 0. The first-order valence-electron chi connectivity index (χ1n) is 11.9. The summed E-state index contributed by atoms with van der Waals surface area (Å²) in [5.74, 6) is 0. The summed E-state index contributed by atoms with van der Waals surface area (Å²) in [6.07, 6.45) is 0.995. The van der Waals surface area contributed by atoms with Crippen molar-refractivity contribution in [1.82, 2.24) is 4.57 Å². The number of furan rings is 1. The highest BCUT2D eigenvalue weighted by Crippen LogP contribution is 2.39. The Kier molecular flexibility index (Phi) is 2.95. The van der Waals surface area contributed by atoms with Crippen molar-refractivity contribution in [3.63, 3.8) is 0 Å². The molecule has 0 atom stereocenters. The topological polar surface area (TPSA) is 18.1 Å². The summed E-state index contributed by atoms with van der Waals surface area (Å²) in [6, 6.07) is 35.6. The zero-order valence-electron chi connectivity index (χ0n) is 18.4. The standard InChI is InChI=1S/C31H18BNO/c1-3-9-24-18(7-1)15-19-13-14-21-22-16-23-20-8-2-6-12-28(20)34-29(23)17-27(22)33-26-11-5-4-10-25(26)32(24)30(19)31(21)33/h1-14,16-17H,15H2. The molecule has 0 amide bonds. The fraction of sp³-hybridized carbons (Fsp3) is 0.0323. The normalized spacial score (nSPS) is 13.7. The average molecular weight is 431 g/mol. The maximum Gasteiger partial charge on any atom is 0.247 e. The smallest absolute Gasteiger partial charge is 0.247 e. The molecule has 4 heterocycles. The molecule has 0 radical (unpaired) electrons. The second-order valence-corrected chi connectivity index (χ2v) is 9.70. The first-order valence-corrected chi connectivity index (χ1v) is 11.9. The van der Waals surface area contributed by atoms with Crippen LogP contribution in [0.4, 0.5) is 0 Å². The Morgan fingerprint density at radius 1 is 0.618 bits per heavy atom. The van der Waals surface area contributed by atoms with Gasteiger partial charge in [0.15, 0.2) is 0 Å². The molecule has 5 aromatic carbocycles. The van der Waals surface area contributed by atoms with Gasteiger partial charge in [0.05, 0.1) is 5.52 Å². The van der Waals surface area contributed by atoms with E-state index in [1.54, 1.807) is 0 Å². The van der Waals surface area contributed by atoms with E-state index in [0.29, 0.717) is 0 Å². The molecule has 2 aliphatic rings. The lowest BCUT2D eigenvalue weighted by atomic mass is 9.32. The highest BCUT2D eigenvalue weighted by atomic mass is 16.3. The Hall–Kier alpha value is -4.24. The van der Waals surface area contributed by atoms with Crippen molar-refractivity contribution in [2.75, 3.05) is 0 Å². The zero-order valence-corrected chi connectivity index (χ0v) is 18.4. The number of rotatable bonds is 0. The summed E-state index contributed by atoms with van der Waals surface area (Å²) in [5, 5.41) is 5.00. The van der Waals surface area contributed by atoms with Gasteiger partial charge in [-0.25, -0.2) is 0 Å². The molecule has 0 saturated heterocycles. The van der Waals surface area contributed by atoms with Crippen LogP contribution in [0.25, 0.3) is 49.4 Å². The SMILES string of the molecule is c1ccc2c(c1)Cc1ccc3c4cc5c(cc4n4c3c1B2c1ccccc1-4)oc1ccccc15. The van der Waals surface area contributed by atoms with Crippen LogP contribution in [0.2, 0.25) is 0 Å². The lowest BCUT2D eigenvalue weighted by Gasteiger charge is -2.33. The molecule has 2 nitrogen and oxygen atoms in total. The van der Waals surface area contributed by atoms with Crippen molar-refractivity contribution in [2.45, 2.75) is 6.42 Å². The van der Waals surface area contributed by atoms with E-state index in [9.17, 15) is 0 Å². The number of aromatic nitrogens is 1. The van der Waals surface area contributed by atoms with E-state index < -0.39 is 0 Å². The molecule has 2 aliphatic heterocycles. The summed E-state index contributed by atoms with van der Waals surface area (Å²) in [7, 11) is 0. The van der Waals surface area contributed by atoms with Gasteiger partial charge in [0.1, 0.15) is 11.2 Å². The molecule has 9 rings (SSSR count). The summed E-state index contributed by atoms with van der Waals surface area (Å²) < 4.78 is 8.80. The predicted octanol–water partition coefficient (Wildman–Crippen LogP) is 5.42. The number of nitrogens with zero attached hydrogens (tertiary/aromatic N) is 1. The van der Waals surface area contributed by atoms with Crippen molar-refractivity contribution >= 4 is 66.8 Å². The summed E-state index contributed by atoms with van der Waals surface area (Å²) in [6.45, 7) is 0.278. The molecule has 0 bridgehead atoms. The Bertz CT molecular complexity index is 2010. The lowest BCUT2D eigenvalue weighted by Crippen LogP contribution is -2.60. The summed E-state index contributed by atoms with van der Waals surface area (Å²) >= 11 is 0. The molecule has 0 spiro atoms. The minimum atomic E-state index is 0.278. The highest BCUT2D eigenvalue weighted by Gasteiger charge is 2.38. The zero-order chi connectivity index (χ0) is 22.0. The molecule has 34 heavy (non-hydrogen) atoms. The first kappa shape index (κ1) is 17.3. The molecule has 0 fully saturated rings. The van der Waals surface area contributed by atoms with E-state index in [0.717, 1.165) is 17.6 Å². The second-order valence-electron chi connectivity index (χ2n) is 9.70. The van der Waals surface area contributed by atoms with Gasteiger partial charge in [0.25, 0.3) is 0 Å². The van der Waals surface area contributed by atoms with Gasteiger partial charge in [-0.2, -0.15) is 0 Å². The van der Waals surface area contributed by atoms with Gasteiger partial charge in [-0.3, -0.25) is 0 Å². The van der Waals surface area contributed by atoms with Gasteiger partial charge in [-0.05, 0) is 46.7 Å². The quantitative estimate of drug-likeness (QED) is 0.294. The van der Waals surface area contributed by atoms with Crippen LogP contribution in [0.1, 0.15) is 11.1 Å². The molecule has 0 aliphatic carbocycles. The third-order valence-corrected chi connectivity index (χ3v) is 8.08. The van der Waals surface area contributed by atoms with E-state index in [1.807, 2.05) is 6.07 Å². The maximum atomic E-state index is 6.30. The fourth-order valence-corrected chi connectivity index (χ4v) is 6.71. The molecule has 2 aromatic heterocycles. The van der Waals surface area contributed by atoms with Crippen LogP contribution in [0.5, 0.6) is 0 Å². The highest BCUT2D eigenvalue weighted by molar-refractivity contribution is 6.98. The fourth-order valence-electron chi connectivity index (χ4n) is 6.71. The molecule has 0 N–H and O–H groups in total. The minimum Gasteiger partial charge on any atom is -0.456 e. The van der Waals surface area contributed by atoms with Gasteiger partial charge in [0.2, 0.25) is 6.71 Å². The van der Waals surface area contributed by atoms with Crippen LogP contribution in [0.3, 0.4) is 0 Å². The van der Waals surface area contributed by atoms with E-state index in [4.69, 9.17) is 4.42 Å². The van der Waals surface area contributed by atoms with Gasteiger partial charge in [-0.1, -0.05) is 78.3 Å². The molecule has 3 heteroatoms. The van der Waals surface area contributed by atoms with Gasteiger partial charge in [0, 0.05) is 38.8 Å². The first-order chi connectivity index (χ1) is 16.9. The Morgan fingerprint density at radius 2 is 1.44 bits per heavy atom. The third-order valence-electron chi connectivity index (χ3n) is 8.08. The average Bonchev–Trinajstić information content (AvgIpc) is 3.41. The van der Waals surface area contributed by atoms with Crippen LogP contribution in [0, 0.1) is 0 Å². The van der Waals surface area contributed by atoms with Crippen molar-refractivity contribution in [1.29, 1.82) is 0 Å². The Labute approximate surface area is 196 Å². The molecule has 7 aromatic rings. The number of para-hydroxylation sites is 2. The van der Waals surface area contributed by atoms with Crippen LogP contribution in [0.15, 0.2) is 101 Å². The van der Waals surface area contributed by atoms with Crippen LogP contribution < -0.4 is 16.4 Å². The van der Waals surface area contributed by atoms with Gasteiger partial charge >= 0.3 is 0 Å². The summed E-state index contributed by atoms with van der Waals surface area (Å²) in [5.41, 5.74) is 13.0. The predicted molar refractivity (Wildman–Crippen MR) is 142 cm³/mol. The molecule has 0 saturated carbocycles. The van der Waals surface area contributed by atoms with Crippen molar-refractivity contribution < 1.29 is 4.42 Å². The lowest BCUT2D eigenvalue weighted by molar-refractivity contribution is 0.669.